The molecule has 2 rings (SSSR count). The number of guanidine groups is 1. The van der Waals surface area contributed by atoms with Crippen LogP contribution in [0.1, 0.15) is 39.2 Å². The summed E-state index contributed by atoms with van der Waals surface area (Å²) >= 11 is 6.31. The van der Waals surface area contributed by atoms with Crippen molar-refractivity contribution in [1.82, 2.24) is 15.5 Å². The average Bonchev–Trinajstić information content (AvgIpc) is 2.69. The minimum absolute atomic E-state index is 0.0631. The molecule has 156 valence electrons. The summed E-state index contributed by atoms with van der Waals surface area (Å²) in [6, 6.07) is 6.06. The highest BCUT2D eigenvalue weighted by Gasteiger charge is 2.24. The molecule has 0 radical (unpaired) electrons. The zero-order valence-electron chi connectivity index (χ0n) is 17.4. The Bertz CT molecular complexity index is 670. The van der Waals surface area contributed by atoms with Crippen LogP contribution in [-0.2, 0) is 11.2 Å². The fourth-order valence-electron chi connectivity index (χ4n) is 3.27. The lowest BCUT2D eigenvalue weighted by Gasteiger charge is -2.34. The predicted octanol–water partition coefficient (Wildman–Crippen LogP) is 3.09. The second kappa shape index (κ2) is 11.1. The first-order valence-electron chi connectivity index (χ1n) is 10.1. The third kappa shape index (κ3) is 6.59. The molecule has 1 aromatic carbocycles. The first-order valence-corrected chi connectivity index (χ1v) is 10.5. The molecule has 0 bridgehead atoms. The summed E-state index contributed by atoms with van der Waals surface area (Å²) in [7, 11) is 1.63. The van der Waals surface area contributed by atoms with Gasteiger partial charge >= 0.3 is 0 Å². The molecule has 1 fully saturated rings. The normalized spacial score (nSPS) is 15.6. The van der Waals surface area contributed by atoms with Crippen molar-refractivity contribution in [1.29, 1.82) is 0 Å². The van der Waals surface area contributed by atoms with Crippen LogP contribution >= 0.6 is 11.6 Å². The number of carbonyl (C=O) groups excluding carboxylic acids is 1. The fraction of sp³-hybridized carbons (Fsp3) is 0.619. The van der Waals surface area contributed by atoms with Crippen LogP contribution in [0.25, 0.3) is 0 Å². The van der Waals surface area contributed by atoms with Gasteiger partial charge in [-0.25, -0.2) is 0 Å². The minimum Gasteiger partial charge on any atom is -0.497 e. The highest BCUT2D eigenvalue weighted by atomic mass is 35.5. The summed E-state index contributed by atoms with van der Waals surface area (Å²) in [6.45, 7) is 9.02. The molecule has 6 nitrogen and oxygen atoms in total. The summed E-state index contributed by atoms with van der Waals surface area (Å²) in [5.41, 5.74) is 1.06. The standard InChI is InChI=1S/C21H33ClN4O2/c1-5-23-21(24-11-8-16-6-7-18(28-4)14-19(16)22)25-17-9-12-26(13-10-17)20(27)15(2)3/h6-7,14-15,17H,5,8-13H2,1-4H3,(H2,23,24,25). The number of rotatable bonds is 7. The Hall–Kier alpha value is -1.95. The van der Waals surface area contributed by atoms with Gasteiger partial charge in [0.15, 0.2) is 5.96 Å². The summed E-state index contributed by atoms with van der Waals surface area (Å²) < 4.78 is 5.19. The van der Waals surface area contributed by atoms with Crippen molar-refractivity contribution in [3.05, 3.63) is 28.8 Å². The summed E-state index contributed by atoms with van der Waals surface area (Å²) in [5.74, 6) is 1.89. The predicted molar refractivity (Wildman–Crippen MR) is 115 cm³/mol. The van der Waals surface area contributed by atoms with Gasteiger partial charge < -0.3 is 20.3 Å². The van der Waals surface area contributed by atoms with Gasteiger partial charge in [0, 0.05) is 43.2 Å². The van der Waals surface area contributed by atoms with Gasteiger partial charge in [0.1, 0.15) is 5.75 Å². The van der Waals surface area contributed by atoms with E-state index < -0.39 is 0 Å². The van der Waals surface area contributed by atoms with Gasteiger partial charge in [-0.05, 0) is 43.9 Å². The van der Waals surface area contributed by atoms with E-state index in [2.05, 4.69) is 17.6 Å². The van der Waals surface area contributed by atoms with Gasteiger partial charge in [-0.2, -0.15) is 0 Å². The highest BCUT2D eigenvalue weighted by Crippen LogP contribution is 2.22. The number of hydrogen-bond donors (Lipinski definition) is 2. The van der Waals surface area contributed by atoms with E-state index in [4.69, 9.17) is 21.3 Å². The molecule has 1 amide bonds. The van der Waals surface area contributed by atoms with E-state index in [-0.39, 0.29) is 11.8 Å². The molecular weight excluding hydrogens is 376 g/mol. The molecule has 1 saturated heterocycles. The Morgan fingerprint density at radius 3 is 2.64 bits per heavy atom. The van der Waals surface area contributed by atoms with Gasteiger partial charge in [0.05, 0.1) is 7.11 Å². The van der Waals surface area contributed by atoms with Crippen LogP contribution < -0.4 is 15.4 Å². The molecule has 0 unspecified atom stereocenters. The molecule has 0 aliphatic carbocycles. The highest BCUT2D eigenvalue weighted by molar-refractivity contribution is 6.31. The molecule has 0 saturated carbocycles. The number of methoxy groups -OCH3 is 1. The van der Waals surface area contributed by atoms with Gasteiger partial charge in [0.2, 0.25) is 5.91 Å². The Labute approximate surface area is 173 Å². The largest absolute Gasteiger partial charge is 0.497 e. The third-order valence-electron chi connectivity index (χ3n) is 4.90. The Morgan fingerprint density at radius 1 is 1.36 bits per heavy atom. The molecule has 1 aromatic rings. The van der Waals surface area contributed by atoms with Crippen LogP contribution in [0.3, 0.4) is 0 Å². The number of benzene rings is 1. The van der Waals surface area contributed by atoms with Crippen molar-refractivity contribution in [2.45, 2.75) is 46.1 Å². The van der Waals surface area contributed by atoms with Crippen LogP contribution in [0.4, 0.5) is 0 Å². The lowest BCUT2D eigenvalue weighted by molar-refractivity contribution is -0.135. The molecule has 1 heterocycles. The van der Waals surface area contributed by atoms with E-state index in [1.165, 1.54) is 0 Å². The number of ether oxygens (including phenoxy) is 1. The summed E-state index contributed by atoms with van der Waals surface area (Å²) in [4.78, 5) is 18.8. The molecule has 0 spiro atoms. The van der Waals surface area contributed by atoms with E-state index in [1.54, 1.807) is 7.11 Å². The molecule has 1 aliphatic heterocycles. The van der Waals surface area contributed by atoms with Crippen molar-refractivity contribution in [3.63, 3.8) is 0 Å². The summed E-state index contributed by atoms with van der Waals surface area (Å²) in [6.07, 6.45) is 2.64. The number of aliphatic imine (C=N–C) groups is 1. The van der Waals surface area contributed by atoms with Crippen LogP contribution in [0, 0.1) is 5.92 Å². The number of amides is 1. The Kier molecular flexibility index (Phi) is 8.90. The Morgan fingerprint density at radius 2 is 2.07 bits per heavy atom. The van der Waals surface area contributed by atoms with Crippen molar-refractivity contribution < 1.29 is 9.53 Å². The number of likely N-dealkylation sites (tertiary alicyclic amines) is 1. The first-order chi connectivity index (χ1) is 13.4. The van der Waals surface area contributed by atoms with E-state index in [0.29, 0.717) is 17.6 Å². The second-order valence-corrected chi connectivity index (χ2v) is 7.77. The maximum absolute atomic E-state index is 12.1. The number of hydrogen-bond acceptors (Lipinski definition) is 3. The van der Waals surface area contributed by atoms with Crippen LogP contribution in [-0.4, -0.2) is 56.1 Å². The quantitative estimate of drug-likeness (QED) is 0.537. The van der Waals surface area contributed by atoms with Crippen molar-refractivity contribution in [2.24, 2.45) is 10.9 Å². The molecule has 1 aliphatic rings. The number of nitrogens with one attached hydrogen (secondary N) is 2. The van der Waals surface area contributed by atoms with Gasteiger partial charge in [-0.15, -0.1) is 0 Å². The smallest absolute Gasteiger partial charge is 0.225 e. The Balaban J connectivity index is 1.86. The zero-order valence-corrected chi connectivity index (χ0v) is 18.2. The van der Waals surface area contributed by atoms with Crippen molar-refractivity contribution >= 4 is 23.5 Å². The number of nitrogens with zero attached hydrogens (tertiary/aromatic N) is 2. The maximum atomic E-state index is 12.1. The van der Waals surface area contributed by atoms with Gasteiger partial charge in [0.25, 0.3) is 0 Å². The van der Waals surface area contributed by atoms with Crippen molar-refractivity contribution in [2.75, 3.05) is 33.3 Å². The molecular formula is C21H33ClN4O2. The fourth-order valence-corrected chi connectivity index (χ4v) is 3.53. The number of halogens is 1. The van der Waals surface area contributed by atoms with Gasteiger partial charge in [-0.3, -0.25) is 9.79 Å². The third-order valence-corrected chi connectivity index (χ3v) is 5.25. The average molecular weight is 409 g/mol. The molecule has 2 N–H and O–H groups in total. The number of carbonyl (C=O) groups is 1. The first kappa shape index (κ1) is 22.3. The zero-order chi connectivity index (χ0) is 20.5. The lowest BCUT2D eigenvalue weighted by atomic mass is 10.0. The van der Waals surface area contributed by atoms with E-state index in [9.17, 15) is 4.79 Å². The topological polar surface area (TPSA) is 66.0 Å². The van der Waals surface area contributed by atoms with Crippen molar-refractivity contribution in [3.8, 4) is 5.75 Å². The SMILES string of the molecule is CCNC(=NCCc1ccc(OC)cc1Cl)NC1CCN(C(=O)C(C)C)CC1. The van der Waals surface area contributed by atoms with Gasteiger partial charge in [-0.1, -0.05) is 31.5 Å². The van der Waals surface area contributed by atoms with Crippen LogP contribution in [0.5, 0.6) is 5.75 Å². The molecule has 7 heteroatoms. The molecule has 0 atom stereocenters. The second-order valence-electron chi connectivity index (χ2n) is 7.37. The maximum Gasteiger partial charge on any atom is 0.225 e. The molecule has 0 aromatic heterocycles. The van der Waals surface area contributed by atoms with E-state index in [0.717, 1.165) is 56.2 Å². The van der Waals surface area contributed by atoms with E-state index >= 15 is 0 Å². The minimum atomic E-state index is 0.0631. The van der Waals surface area contributed by atoms with Crippen LogP contribution in [0.2, 0.25) is 5.02 Å². The summed E-state index contributed by atoms with van der Waals surface area (Å²) in [5, 5.41) is 7.52. The lowest BCUT2D eigenvalue weighted by Crippen LogP contribution is -2.50. The van der Waals surface area contributed by atoms with E-state index in [1.807, 2.05) is 36.9 Å². The number of piperidine rings is 1. The van der Waals surface area contributed by atoms with Crippen LogP contribution in [0.15, 0.2) is 23.2 Å². The monoisotopic (exact) mass is 408 g/mol. The molecule has 28 heavy (non-hydrogen) atoms.